The molecule has 0 fully saturated rings. The highest BCUT2D eigenvalue weighted by molar-refractivity contribution is 5.94. The van der Waals surface area contributed by atoms with E-state index in [-0.39, 0.29) is 18.3 Å². The van der Waals surface area contributed by atoms with Crippen LogP contribution in [0.25, 0.3) is 0 Å². The molecule has 2 aromatic rings. The number of benzene rings is 2. The quantitative estimate of drug-likeness (QED) is 0.899. The van der Waals surface area contributed by atoms with E-state index in [2.05, 4.69) is 5.32 Å². The van der Waals surface area contributed by atoms with E-state index in [4.69, 9.17) is 0 Å². The molecule has 3 nitrogen and oxygen atoms in total. The lowest BCUT2D eigenvalue weighted by Crippen LogP contribution is -2.28. The molecule has 0 bridgehead atoms. The summed E-state index contributed by atoms with van der Waals surface area (Å²) >= 11 is 0. The van der Waals surface area contributed by atoms with Gasteiger partial charge in [0.05, 0.1) is 6.10 Å². The summed E-state index contributed by atoms with van der Waals surface area (Å²) in [6, 6.07) is 12.7. The minimum Gasteiger partial charge on any atom is -0.387 e. The molecule has 0 aliphatic carbocycles. The molecular formula is C16H16FNO2. The Morgan fingerprint density at radius 2 is 1.75 bits per heavy atom. The first-order valence-corrected chi connectivity index (χ1v) is 6.34. The van der Waals surface area contributed by atoms with Crippen molar-refractivity contribution in [1.82, 2.24) is 5.32 Å². The van der Waals surface area contributed by atoms with E-state index < -0.39 is 6.10 Å². The molecule has 0 aliphatic heterocycles. The van der Waals surface area contributed by atoms with Gasteiger partial charge in [0.15, 0.2) is 0 Å². The lowest BCUT2D eigenvalue weighted by molar-refractivity contribution is 0.0916. The van der Waals surface area contributed by atoms with Crippen LogP contribution in [0.5, 0.6) is 0 Å². The van der Waals surface area contributed by atoms with E-state index in [9.17, 15) is 14.3 Å². The van der Waals surface area contributed by atoms with E-state index in [0.717, 1.165) is 5.56 Å². The molecule has 2 N–H and O–H groups in total. The molecule has 104 valence electrons. The Hall–Kier alpha value is -2.20. The third kappa shape index (κ3) is 3.65. The Morgan fingerprint density at radius 3 is 2.35 bits per heavy atom. The Bertz CT molecular complexity index is 578. The molecule has 0 saturated heterocycles. The van der Waals surface area contributed by atoms with Crippen molar-refractivity contribution in [2.75, 3.05) is 6.54 Å². The van der Waals surface area contributed by atoms with Crippen molar-refractivity contribution in [1.29, 1.82) is 0 Å². The Labute approximate surface area is 117 Å². The molecule has 0 aromatic heterocycles. The second kappa shape index (κ2) is 6.30. The van der Waals surface area contributed by atoms with E-state index in [0.29, 0.717) is 11.1 Å². The molecule has 1 unspecified atom stereocenters. The van der Waals surface area contributed by atoms with E-state index in [1.807, 2.05) is 19.1 Å². The standard InChI is InChI=1S/C16H16FNO2/c1-11-2-4-13(5-3-11)16(20)18-10-15(19)12-6-8-14(17)9-7-12/h2-9,15,19H,10H2,1H3,(H,18,20). The van der Waals surface area contributed by atoms with Crippen LogP contribution >= 0.6 is 0 Å². The summed E-state index contributed by atoms with van der Waals surface area (Å²) in [7, 11) is 0. The minimum absolute atomic E-state index is 0.0817. The summed E-state index contributed by atoms with van der Waals surface area (Å²) in [5.41, 5.74) is 2.19. The third-order valence-corrected chi connectivity index (χ3v) is 3.02. The highest BCUT2D eigenvalue weighted by Gasteiger charge is 2.10. The fourth-order valence-electron chi connectivity index (χ4n) is 1.80. The van der Waals surface area contributed by atoms with Crippen LogP contribution in [-0.4, -0.2) is 17.6 Å². The van der Waals surface area contributed by atoms with Crippen LogP contribution in [0.2, 0.25) is 0 Å². The minimum atomic E-state index is -0.856. The topological polar surface area (TPSA) is 49.3 Å². The van der Waals surface area contributed by atoms with E-state index >= 15 is 0 Å². The van der Waals surface area contributed by atoms with Crippen LogP contribution in [0.1, 0.15) is 27.6 Å². The average Bonchev–Trinajstić information content (AvgIpc) is 2.46. The zero-order valence-electron chi connectivity index (χ0n) is 11.1. The lowest BCUT2D eigenvalue weighted by Gasteiger charge is -2.12. The van der Waals surface area contributed by atoms with Gasteiger partial charge in [-0.1, -0.05) is 29.8 Å². The first-order valence-electron chi connectivity index (χ1n) is 6.34. The molecular weight excluding hydrogens is 257 g/mol. The van der Waals surface area contributed by atoms with Gasteiger partial charge in [-0.2, -0.15) is 0 Å². The lowest BCUT2D eigenvalue weighted by atomic mass is 10.1. The summed E-state index contributed by atoms with van der Waals surface area (Å²) in [6.45, 7) is 2.03. The van der Waals surface area contributed by atoms with Crippen molar-refractivity contribution in [2.45, 2.75) is 13.0 Å². The second-order valence-corrected chi connectivity index (χ2v) is 4.64. The summed E-state index contributed by atoms with van der Waals surface area (Å²) in [4.78, 5) is 11.9. The Morgan fingerprint density at radius 1 is 1.15 bits per heavy atom. The van der Waals surface area contributed by atoms with Crippen molar-refractivity contribution in [3.63, 3.8) is 0 Å². The van der Waals surface area contributed by atoms with Crippen LogP contribution in [0.3, 0.4) is 0 Å². The number of amides is 1. The van der Waals surface area contributed by atoms with E-state index in [1.165, 1.54) is 24.3 Å². The number of hydrogen-bond donors (Lipinski definition) is 2. The van der Waals surface area contributed by atoms with Gasteiger partial charge in [0.2, 0.25) is 0 Å². The van der Waals surface area contributed by atoms with Crippen molar-refractivity contribution in [2.24, 2.45) is 0 Å². The molecule has 0 heterocycles. The number of aliphatic hydroxyl groups excluding tert-OH is 1. The predicted octanol–water partition coefficient (Wildman–Crippen LogP) is 2.60. The van der Waals surface area contributed by atoms with Crippen LogP contribution in [-0.2, 0) is 0 Å². The van der Waals surface area contributed by atoms with Gasteiger partial charge in [-0.3, -0.25) is 4.79 Å². The van der Waals surface area contributed by atoms with Crippen molar-refractivity contribution < 1.29 is 14.3 Å². The number of aryl methyl sites for hydroxylation is 1. The van der Waals surface area contributed by atoms with Gasteiger partial charge in [-0.15, -0.1) is 0 Å². The van der Waals surface area contributed by atoms with Gasteiger partial charge < -0.3 is 10.4 Å². The first kappa shape index (κ1) is 14.2. The molecule has 2 aromatic carbocycles. The van der Waals surface area contributed by atoms with Crippen molar-refractivity contribution in [3.8, 4) is 0 Å². The van der Waals surface area contributed by atoms with E-state index in [1.54, 1.807) is 12.1 Å². The average molecular weight is 273 g/mol. The maximum absolute atomic E-state index is 12.8. The Balaban J connectivity index is 1.92. The highest BCUT2D eigenvalue weighted by Crippen LogP contribution is 2.12. The van der Waals surface area contributed by atoms with Gasteiger partial charge in [0, 0.05) is 12.1 Å². The molecule has 0 radical (unpaired) electrons. The van der Waals surface area contributed by atoms with Crippen LogP contribution in [0.4, 0.5) is 4.39 Å². The number of halogens is 1. The third-order valence-electron chi connectivity index (χ3n) is 3.02. The Kier molecular flexibility index (Phi) is 4.48. The number of carbonyl (C=O) groups excluding carboxylic acids is 1. The smallest absolute Gasteiger partial charge is 0.251 e. The summed E-state index contributed by atoms with van der Waals surface area (Å²) in [5.74, 6) is -0.601. The molecule has 0 spiro atoms. The fraction of sp³-hybridized carbons (Fsp3) is 0.188. The van der Waals surface area contributed by atoms with Gasteiger partial charge in [-0.25, -0.2) is 4.39 Å². The molecule has 1 amide bonds. The largest absolute Gasteiger partial charge is 0.387 e. The van der Waals surface area contributed by atoms with Gasteiger partial charge in [0.25, 0.3) is 5.91 Å². The second-order valence-electron chi connectivity index (χ2n) is 4.64. The molecule has 20 heavy (non-hydrogen) atoms. The summed E-state index contributed by atoms with van der Waals surface area (Å²) in [6.07, 6.45) is -0.856. The van der Waals surface area contributed by atoms with Gasteiger partial charge >= 0.3 is 0 Å². The monoisotopic (exact) mass is 273 g/mol. The van der Waals surface area contributed by atoms with Crippen LogP contribution in [0.15, 0.2) is 48.5 Å². The SMILES string of the molecule is Cc1ccc(C(=O)NCC(O)c2ccc(F)cc2)cc1. The molecule has 2 rings (SSSR count). The zero-order chi connectivity index (χ0) is 14.5. The van der Waals surface area contributed by atoms with Crippen LogP contribution in [0, 0.1) is 12.7 Å². The number of hydrogen-bond acceptors (Lipinski definition) is 2. The molecule has 1 atom stereocenters. The van der Waals surface area contributed by atoms with Crippen LogP contribution < -0.4 is 5.32 Å². The predicted molar refractivity (Wildman–Crippen MR) is 74.9 cm³/mol. The number of aliphatic hydroxyl groups is 1. The number of nitrogens with one attached hydrogen (secondary N) is 1. The maximum Gasteiger partial charge on any atom is 0.251 e. The highest BCUT2D eigenvalue weighted by atomic mass is 19.1. The van der Waals surface area contributed by atoms with Crippen molar-refractivity contribution >= 4 is 5.91 Å². The first-order chi connectivity index (χ1) is 9.56. The van der Waals surface area contributed by atoms with Crippen molar-refractivity contribution in [3.05, 3.63) is 71.0 Å². The summed E-state index contributed by atoms with van der Waals surface area (Å²) in [5, 5.41) is 12.6. The maximum atomic E-state index is 12.8. The van der Waals surface area contributed by atoms with Gasteiger partial charge in [-0.05, 0) is 36.8 Å². The number of rotatable bonds is 4. The molecule has 4 heteroatoms. The normalized spacial score (nSPS) is 11.9. The molecule has 0 aliphatic rings. The van der Waals surface area contributed by atoms with Gasteiger partial charge in [0.1, 0.15) is 5.82 Å². The zero-order valence-corrected chi connectivity index (χ0v) is 11.1. The fourth-order valence-corrected chi connectivity index (χ4v) is 1.80. The summed E-state index contributed by atoms with van der Waals surface area (Å²) < 4.78 is 12.8. The number of carbonyl (C=O) groups is 1. The molecule has 0 saturated carbocycles.